The molecule has 0 radical (unpaired) electrons. The lowest BCUT2D eigenvalue weighted by molar-refractivity contribution is 0.136. The van der Waals surface area contributed by atoms with E-state index >= 15 is 0 Å². The largest absolute Gasteiger partial charge is 0.494 e. The molecule has 0 unspecified atom stereocenters. The fourth-order valence-electron chi connectivity index (χ4n) is 1.82. The predicted molar refractivity (Wildman–Crippen MR) is 89.1 cm³/mol. The highest BCUT2D eigenvalue weighted by Gasteiger charge is 2.21. The number of para-hydroxylation sites is 1. The number of aliphatic hydroxyl groups is 2. The number of aromatic nitrogens is 2. The molecule has 1 aromatic heterocycles. The van der Waals surface area contributed by atoms with E-state index in [1.807, 2.05) is 6.07 Å². The fourth-order valence-corrected chi connectivity index (χ4v) is 2.11. The molecule has 8 heteroatoms. The molecule has 0 bridgehead atoms. The molecule has 0 amide bonds. The summed E-state index contributed by atoms with van der Waals surface area (Å²) in [5, 5.41) is 28.9. The van der Waals surface area contributed by atoms with Crippen LogP contribution >= 0.6 is 12.2 Å². The highest BCUT2D eigenvalue weighted by atomic mass is 32.1. The zero-order valence-corrected chi connectivity index (χ0v) is 13.2. The molecule has 23 heavy (non-hydrogen) atoms. The van der Waals surface area contributed by atoms with Gasteiger partial charge in [-0.3, -0.25) is 19.3 Å². The van der Waals surface area contributed by atoms with Crippen molar-refractivity contribution in [3.8, 4) is 11.6 Å². The van der Waals surface area contributed by atoms with Crippen LogP contribution in [0, 0.1) is 4.77 Å². The highest BCUT2D eigenvalue weighted by Crippen LogP contribution is 2.19. The van der Waals surface area contributed by atoms with Crippen LogP contribution in [0.5, 0.6) is 5.88 Å². The predicted octanol–water partition coefficient (Wildman–Crippen LogP) is 0.763. The van der Waals surface area contributed by atoms with Gasteiger partial charge in [0.2, 0.25) is 5.88 Å². The van der Waals surface area contributed by atoms with Gasteiger partial charge in [-0.05, 0) is 31.3 Å². The first-order chi connectivity index (χ1) is 10.9. The van der Waals surface area contributed by atoms with Crippen molar-refractivity contribution in [2.24, 2.45) is 4.99 Å². The van der Waals surface area contributed by atoms with E-state index in [0.29, 0.717) is 5.69 Å². The second kappa shape index (κ2) is 6.86. The van der Waals surface area contributed by atoms with Gasteiger partial charge in [0.15, 0.2) is 4.77 Å². The van der Waals surface area contributed by atoms with E-state index in [1.54, 1.807) is 24.3 Å². The van der Waals surface area contributed by atoms with Crippen LogP contribution in [0.15, 0.2) is 40.1 Å². The van der Waals surface area contributed by atoms with Gasteiger partial charge in [-0.1, -0.05) is 18.2 Å². The normalized spacial score (nSPS) is 12.0. The number of nitrogens with zero attached hydrogens (tertiary/aromatic N) is 2. The van der Waals surface area contributed by atoms with Crippen LogP contribution in [0.25, 0.3) is 5.69 Å². The average Bonchev–Trinajstić information content (AvgIpc) is 2.55. The summed E-state index contributed by atoms with van der Waals surface area (Å²) in [6, 6.07) is 8.79. The Morgan fingerprint density at radius 2 is 1.91 bits per heavy atom. The van der Waals surface area contributed by atoms with E-state index in [0.717, 1.165) is 6.21 Å². The molecule has 0 aliphatic carbocycles. The molecule has 2 rings (SSSR count). The quantitative estimate of drug-likeness (QED) is 0.476. The molecule has 0 aliphatic rings. The number of aliphatic imine (C=N–C) groups is 1. The molecule has 1 aromatic carbocycles. The number of rotatable bonds is 5. The van der Waals surface area contributed by atoms with Crippen molar-refractivity contribution in [2.45, 2.75) is 12.5 Å². The van der Waals surface area contributed by atoms with E-state index in [-0.39, 0.29) is 16.2 Å². The van der Waals surface area contributed by atoms with Crippen LogP contribution in [0.3, 0.4) is 0 Å². The molecule has 2 aromatic rings. The smallest absolute Gasteiger partial charge is 0.264 e. The van der Waals surface area contributed by atoms with Gasteiger partial charge in [-0.2, -0.15) is 0 Å². The van der Waals surface area contributed by atoms with Crippen LogP contribution in [-0.2, 0) is 0 Å². The first-order valence-electron chi connectivity index (χ1n) is 6.82. The maximum atomic E-state index is 12.0. The molecule has 0 atom stereocenters. The van der Waals surface area contributed by atoms with Crippen LogP contribution < -0.4 is 5.56 Å². The Balaban J connectivity index is 2.61. The Hall–Kier alpha value is -2.29. The molecule has 4 N–H and O–H groups in total. The molecule has 0 saturated heterocycles. The van der Waals surface area contributed by atoms with Crippen molar-refractivity contribution in [1.82, 2.24) is 9.55 Å². The summed E-state index contributed by atoms with van der Waals surface area (Å²) in [4.78, 5) is 18.5. The lowest BCUT2D eigenvalue weighted by atomic mass is 10.1. The van der Waals surface area contributed by atoms with Crippen molar-refractivity contribution in [1.29, 1.82) is 0 Å². The first kappa shape index (κ1) is 17.1. The maximum Gasteiger partial charge on any atom is 0.264 e. The maximum absolute atomic E-state index is 12.0. The average molecular weight is 335 g/mol. The molecule has 0 fully saturated rings. The summed E-state index contributed by atoms with van der Waals surface area (Å²) in [7, 11) is 0. The van der Waals surface area contributed by atoms with E-state index in [1.165, 1.54) is 11.5 Å². The Kier molecular flexibility index (Phi) is 5.09. The zero-order chi connectivity index (χ0) is 17.0. The minimum atomic E-state index is -1.15. The Morgan fingerprint density at radius 3 is 2.48 bits per heavy atom. The van der Waals surface area contributed by atoms with E-state index in [4.69, 9.17) is 12.2 Å². The van der Waals surface area contributed by atoms with Gasteiger partial charge in [-0.15, -0.1) is 0 Å². The number of hydrogen-bond acceptors (Lipinski definition) is 6. The molecular weight excluding hydrogens is 318 g/mol. The van der Waals surface area contributed by atoms with Crippen LogP contribution in [-0.4, -0.2) is 49.8 Å². The monoisotopic (exact) mass is 335 g/mol. The number of aromatic hydroxyl groups is 1. The molecular formula is C15H17N3O4S. The van der Waals surface area contributed by atoms with Gasteiger partial charge in [0.25, 0.3) is 5.56 Å². The van der Waals surface area contributed by atoms with Crippen molar-refractivity contribution < 1.29 is 15.3 Å². The van der Waals surface area contributed by atoms with Gasteiger partial charge in [-0.25, -0.2) is 0 Å². The van der Waals surface area contributed by atoms with Crippen molar-refractivity contribution in [2.75, 3.05) is 13.2 Å². The Morgan fingerprint density at radius 1 is 1.30 bits per heavy atom. The van der Waals surface area contributed by atoms with Gasteiger partial charge in [0.05, 0.1) is 18.9 Å². The van der Waals surface area contributed by atoms with Crippen molar-refractivity contribution in [3.05, 3.63) is 51.0 Å². The van der Waals surface area contributed by atoms with Gasteiger partial charge in [0, 0.05) is 6.21 Å². The number of aromatic amines is 1. The lowest BCUT2D eigenvalue weighted by Crippen LogP contribution is -2.32. The van der Waals surface area contributed by atoms with Gasteiger partial charge >= 0.3 is 0 Å². The van der Waals surface area contributed by atoms with Crippen LogP contribution in [0.2, 0.25) is 0 Å². The lowest BCUT2D eigenvalue weighted by Gasteiger charge is -2.19. The number of H-pyrrole nitrogens is 1. The fraction of sp³-hybridized carbons (Fsp3) is 0.267. The Labute approximate surface area is 137 Å². The number of nitrogens with one attached hydrogen (secondary N) is 1. The van der Waals surface area contributed by atoms with Gasteiger partial charge in [0.1, 0.15) is 11.1 Å². The summed E-state index contributed by atoms with van der Waals surface area (Å²) >= 11 is 5.09. The van der Waals surface area contributed by atoms with Crippen LogP contribution in [0.4, 0.5) is 0 Å². The summed E-state index contributed by atoms with van der Waals surface area (Å²) in [5.74, 6) is -0.369. The van der Waals surface area contributed by atoms with Crippen LogP contribution in [0.1, 0.15) is 12.5 Å². The number of hydrogen-bond donors (Lipinski definition) is 4. The van der Waals surface area contributed by atoms with Crippen molar-refractivity contribution in [3.63, 3.8) is 0 Å². The van der Waals surface area contributed by atoms with Crippen molar-refractivity contribution >= 4 is 18.4 Å². The minimum absolute atomic E-state index is 0.0444. The zero-order valence-electron chi connectivity index (χ0n) is 12.4. The van der Waals surface area contributed by atoms with E-state index in [2.05, 4.69) is 9.98 Å². The SMILES string of the molecule is CC(CO)(CO)N=Cc1c(O)n(-c2ccccc2)c(=S)[nH]c1=O. The minimum Gasteiger partial charge on any atom is -0.494 e. The van der Waals surface area contributed by atoms with E-state index < -0.39 is 24.3 Å². The summed E-state index contributed by atoms with van der Waals surface area (Å²) in [5.41, 5.74) is -1.30. The molecule has 0 saturated carbocycles. The standard InChI is InChI=1S/C15H17N3O4S/c1-15(8-19,9-20)16-7-11-12(21)17-14(23)18(13(11)22)10-5-3-2-4-6-10/h2-7,19-20,22H,8-9H2,1H3,(H,17,21,23). The summed E-state index contributed by atoms with van der Waals surface area (Å²) < 4.78 is 1.34. The molecule has 1 heterocycles. The second-order valence-corrected chi connectivity index (χ2v) is 5.63. The highest BCUT2D eigenvalue weighted by molar-refractivity contribution is 7.71. The summed E-state index contributed by atoms with van der Waals surface area (Å²) in [6.07, 6.45) is 1.12. The number of benzene rings is 1. The molecule has 0 aliphatic heterocycles. The van der Waals surface area contributed by atoms with E-state index in [9.17, 15) is 20.1 Å². The number of aliphatic hydroxyl groups excluding tert-OH is 2. The molecule has 0 spiro atoms. The third kappa shape index (κ3) is 3.55. The Bertz CT molecular complexity index is 823. The first-order valence-corrected chi connectivity index (χ1v) is 7.23. The topological polar surface area (TPSA) is 111 Å². The molecule has 7 nitrogen and oxygen atoms in total. The third-order valence-electron chi connectivity index (χ3n) is 3.32. The third-order valence-corrected chi connectivity index (χ3v) is 3.61. The summed E-state index contributed by atoms with van der Waals surface area (Å²) in [6.45, 7) is 0.703. The van der Waals surface area contributed by atoms with Gasteiger partial charge < -0.3 is 15.3 Å². The second-order valence-electron chi connectivity index (χ2n) is 5.24. The molecule has 122 valence electrons.